The molecule has 0 saturated carbocycles. The highest BCUT2D eigenvalue weighted by Gasteiger charge is 2.25. The highest BCUT2D eigenvalue weighted by molar-refractivity contribution is 6.72. The van der Waals surface area contributed by atoms with Crippen LogP contribution in [0.2, 0.25) is 12.6 Å². The molecule has 2 atom stereocenters. The van der Waals surface area contributed by atoms with Gasteiger partial charge in [0.15, 0.2) is 0 Å². The Hall–Kier alpha value is 0.137. The number of aliphatic hydroxyl groups is 1. The molecule has 0 rings (SSSR count). The van der Waals surface area contributed by atoms with Crippen molar-refractivity contribution in [1.29, 1.82) is 0 Å². The summed E-state index contributed by atoms with van der Waals surface area (Å²) in [7, 11) is 0.00649. The lowest BCUT2D eigenvalue weighted by molar-refractivity contribution is 0.299. The zero-order valence-corrected chi connectivity index (χ0v) is 10.5. The maximum atomic E-state index is 9.14. The number of aliphatic hydroxyl groups excluding tert-OH is 1. The second-order valence-electron chi connectivity index (χ2n) is 4.22. The summed E-state index contributed by atoms with van der Waals surface area (Å²) in [5.74, 6) is 0.814. The summed E-state index contributed by atoms with van der Waals surface area (Å²) in [5.41, 5.74) is 0. The summed E-state index contributed by atoms with van der Waals surface area (Å²) in [5, 5.41) is 9.14. The van der Waals surface area contributed by atoms with E-state index in [2.05, 4.69) is 20.4 Å². The molecular weight excluding hydrogens is 180 g/mol. The van der Waals surface area contributed by atoms with E-state index in [-0.39, 0.29) is 6.23 Å². The Bertz CT molecular complexity index is 124. The van der Waals surface area contributed by atoms with Gasteiger partial charge in [0.2, 0.25) is 8.32 Å². The smallest absolute Gasteiger partial charge is 0.214 e. The number of hydrogen-bond donors (Lipinski definition) is 1. The van der Waals surface area contributed by atoms with Crippen LogP contribution in [-0.4, -0.2) is 26.8 Å². The molecule has 0 aliphatic carbocycles. The molecule has 0 aliphatic rings. The topological polar surface area (TPSA) is 29.5 Å². The van der Waals surface area contributed by atoms with E-state index >= 15 is 0 Å². The van der Waals surface area contributed by atoms with Crippen molar-refractivity contribution in [3.8, 4) is 0 Å². The van der Waals surface area contributed by atoms with E-state index in [1.165, 1.54) is 19.3 Å². The highest BCUT2D eigenvalue weighted by atomic mass is 28.4. The first-order valence-corrected chi connectivity index (χ1v) is 8.06. The molecule has 0 aliphatic heterocycles. The van der Waals surface area contributed by atoms with Gasteiger partial charge in [-0.1, -0.05) is 33.1 Å². The molecule has 3 heteroatoms. The average Bonchev–Trinajstić information content (AvgIpc) is 2.17. The summed E-state index contributed by atoms with van der Waals surface area (Å²) in [6.45, 7) is 6.61. The summed E-state index contributed by atoms with van der Waals surface area (Å²) in [4.78, 5) is 0. The Kier molecular flexibility index (Phi) is 6.64. The molecule has 13 heavy (non-hydrogen) atoms. The van der Waals surface area contributed by atoms with Gasteiger partial charge in [0, 0.05) is 7.11 Å². The first-order valence-electron chi connectivity index (χ1n) is 5.24. The van der Waals surface area contributed by atoms with Crippen LogP contribution in [0.1, 0.15) is 33.1 Å². The fourth-order valence-corrected chi connectivity index (χ4v) is 2.72. The van der Waals surface area contributed by atoms with Crippen LogP contribution in [0.5, 0.6) is 0 Å². The first kappa shape index (κ1) is 13.1. The summed E-state index contributed by atoms with van der Waals surface area (Å²) < 4.78 is 5.39. The third-order valence-corrected chi connectivity index (χ3v) is 5.99. The second-order valence-corrected chi connectivity index (χ2v) is 8.34. The van der Waals surface area contributed by atoms with E-state index < -0.39 is 8.32 Å². The normalized spacial score (nSPS) is 18.2. The SMILES string of the molecule is CCC(C)CCC[Si](C)(CO)OC. The zero-order chi connectivity index (χ0) is 10.3. The Balaban J connectivity index is 3.61. The van der Waals surface area contributed by atoms with E-state index in [9.17, 15) is 0 Å². The Morgan fingerprint density at radius 3 is 2.46 bits per heavy atom. The fraction of sp³-hybridized carbons (Fsp3) is 1.00. The predicted molar refractivity (Wildman–Crippen MR) is 59.2 cm³/mol. The van der Waals surface area contributed by atoms with Crippen LogP contribution in [0, 0.1) is 5.92 Å². The zero-order valence-electron chi connectivity index (χ0n) is 9.47. The van der Waals surface area contributed by atoms with Crippen molar-refractivity contribution in [1.82, 2.24) is 0 Å². The van der Waals surface area contributed by atoms with Crippen LogP contribution >= 0.6 is 0 Å². The van der Waals surface area contributed by atoms with Crippen molar-refractivity contribution in [2.75, 3.05) is 13.3 Å². The summed E-state index contributed by atoms with van der Waals surface area (Å²) in [6.07, 6.45) is 3.98. The Morgan fingerprint density at radius 2 is 2.08 bits per heavy atom. The van der Waals surface area contributed by atoms with Crippen LogP contribution in [0.3, 0.4) is 0 Å². The molecule has 0 amide bonds. The van der Waals surface area contributed by atoms with E-state index in [1.807, 2.05) is 0 Å². The third-order valence-electron chi connectivity index (χ3n) is 2.93. The number of hydrogen-bond acceptors (Lipinski definition) is 2. The molecule has 0 radical (unpaired) electrons. The lowest BCUT2D eigenvalue weighted by Crippen LogP contribution is -2.38. The van der Waals surface area contributed by atoms with Crippen molar-refractivity contribution < 1.29 is 9.53 Å². The van der Waals surface area contributed by atoms with Crippen molar-refractivity contribution in [3.05, 3.63) is 0 Å². The molecule has 1 N–H and O–H groups in total. The molecule has 0 aromatic heterocycles. The van der Waals surface area contributed by atoms with Crippen molar-refractivity contribution in [3.63, 3.8) is 0 Å². The van der Waals surface area contributed by atoms with E-state index in [0.29, 0.717) is 0 Å². The first-order chi connectivity index (χ1) is 6.08. The maximum Gasteiger partial charge on any atom is 0.214 e. The molecule has 0 spiro atoms. The van der Waals surface area contributed by atoms with E-state index in [0.717, 1.165) is 12.0 Å². The highest BCUT2D eigenvalue weighted by Crippen LogP contribution is 2.18. The van der Waals surface area contributed by atoms with E-state index in [4.69, 9.17) is 9.53 Å². The van der Waals surface area contributed by atoms with Gasteiger partial charge in [-0.3, -0.25) is 0 Å². The summed E-state index contributed by atoms with van der Waals surface area (Å²) >= 11 is 0. The van der Waals surface area contributed by atoms with Gasteiger partial charge in [-0.05, 0) is 18.5 Å². The molecule has 2 unspecified atom stereocenters. The largest absolute Gasteiger partial charge is 0.418 e. The molecule has 0 fully saturated rings. The van der Waals surface area contributed by atoms with Gasteiger partial charge in [0.25, 0.3) is 0 Å². The predicted octanol–water partition coefficient (Wildman–Crippen LogP) is 2.57. The van der Waals surface area contributed by atoms with Gasteiger partial charge in [0.1, 0.15) is 0 Å². The van der Waals surface area contributed by atoms with Crippen LogP contribution in [0.25, 0.3) is 0 Å². The van der Waals surface area contributed by atoms with Crippen LogP contribution < -0.4 is 0 Å². The Labute approximate surface area is 83.4 Å². The maximum absolute atomic E-state index is 9.14. The van der Waals surface area contributed by atoms with Crippen molar-refractivity contribution in [2.24, 2.45) is 5.92 Å². The van der Waals surface area contributed by atoms with Crippen LogP contribution in [-0.2, 0) is 4.43 Å². The van der Waals surface area contributed by atoms with Gasteiger partial charge in [-0.2, -0.15) is 0 Å². The second kappa shape index (κ2) is 6.57. The molecule has 0 aromatic carbocycles. The minimum Gasteiger partial charge on any atom is -0.418 e. The van der Waals surface area contributed by atoms with Gasteiger partial charge in [-0.25, -0.2) is 0 Å². The lowest BCUT2D eigenvalue weighted by atomic mass is 10.0. The quantitative estimate of drug-likeness (QED) is 0.646. The van der Waals surface area contributed by atoms with Crippen LogP contribution in [0.4, 0.5) is 0 Å². The molecule has 0 saturated heterocycles. The van der Waals surface area contributed by atoms with Gasteiger partial charge in [-0.15, -0.1) is 0 Å². The van der Waals surface area contributed by atoms with Gasteiger partial charge >= 0.3 is 0 Å². The Morgan fingerprint density at radius 1 is 1.46 bits per heavy atom. The van der Waals surface area contributed by atoms with Crippen LogP contribution in [0.15, 0.2) is 0 Å². The minimum atomic E-state index is -1.72. The lowest BCUT2D eigenvalue weighted by Gasteiger charge is -2.23. The van der Waals surface area contributed by atoms with Crippen molar-refractivity contribution in [2.45, 2.75) is 45.7 Å². The average molecular weight is 204 g/mol. The molecule has 0 bridgehead atoms. The van der Waals surface area contributed by atoms with Gasteiger partial charge in [0.05, 0.1) is 6.23 Å². The standard InChI is InChI=1S/C10H24O2Si/c1-5-10(2)7-6-8-13(4,9-11)12-3/h10-11H,5-9H2,1-4H3. The van der Waals surface area contributed by atoms with E-state index in [1.54, 1.807) is 7.11 Å². The molecule has 2 nitrogen and oxygen atoms in total. The molecule has 0 heterocycles. The third kappa shape index (κ3) is 5.44. The minimum absolute atomic E-state index is 0.254. The monoisotopic (exact) mass is 204 g/mol. The van der Waals surface area contributed by atoms with Crippen molar-refractivity contribution >= 4 is 8.32 Å². The van der Waals surface area contributed by atoms with Gasteiger partial charge < -0.3 is 9.53 Å². The summed E-state index contributed by atoms with van der Waals surface area (Å²) in [6, 6.07) is 1.09. The fourth-order valence-electron chi connectivity index (χ4n) is 1.27. The number of rotatable bonds is 7. The molecule has 80 valence electrons. The molecule has 0 aromatic rings. The molecular formula is C10H24O2Si.